The normalized spacial score (nSPS) is 12.2. The minimum absolute atomic E-state index is 0.451. The number of carbonyl (C=O) groups is 4. The second-order valence-electron chi connectivity index (χ2n) is 4.60. The van der Waals surface area contributed by atoms with E-state index in [0.29, 0.717) is 12.2 Å². The maximum absolute atomic E-state index is 12.2. The van der Waals surface area contributed by atoms with Crippen LogP contribution in [0.15, 0.2) is 49.6 Å². The SMILES string of the molecule is C=CC(=O)OC(C)C(OC(=O)C=C)(OC(=O)C=C)OC(=O)/C(=C/CO)CO. The molecule has 0 spiro atoms. The zero-order chi connectivity index (χ0) is 21.0. The van der Waals surface area contributed by atoms with Crippen molar-refractivity contribution in [2.75, 3.05) is 13.2 Å². The van der Waals surface area contributed by atoms with Gasteiger partial charge in [-0.15, -0.1) is 0 Å². The highest BCUT2D eigenvalue weighted by molar-refractivity contribution is 5.90. The molecule has 1 unspecified atom stereocenters. The number of hydrogen-bond donors (Lipinski definition) is 2. The number of aliphatic hydroxyl groups is 2. The molecular formula is C17H20O10. The number of esters is 4. The maximum atomic E-state index is 12.2. The Hall–Kier alpha value is -3.24. The topological polar surface area (TPSA) is 146 Å². The van der Waals surface area contributed by atoms with Crippen molar-refractivity contribution in [3.8, 4) is 0 Å². The Bertz CT molecular complexity index is 624. The molecule has 0 aliphatic heterocycles. The summed E-state index contributed by atoms with van der Waals surface area (Å²) in [6.45, 7) is 9.10. The molecule has 1 atom stereocenters. The van der Waals surface area contributed by atoms with Crippen molar-refractivity contribution in [1.82, 2.24) is 0 Å². The first-order valence-corrected chi connectivity index (χ1v) is 7.37. The van der Waals surface area contributed by atoms with E-state index in [1.54, 1.807) is 0 Å². The lowest BCUT2D eigenvalue weighted by Crippen LogP contribution is -2.53. The lowest BCUT2D eigenvalue weighted by Gasteiger charge is -2.34. The summed E-state index contributed by atoms with van der Waals surface area (Å²) < 4.78 is 19.4. The predicted octanol–water partition coefficient (Wildman–Crippen LogP) is -0.330. The van der Waals surface area contributed by atoms with Crippen LogP contribution in [0.1, 0.15) is 6.92 Å². The highest BCUT2D eigenvalue weighted by Gasteiger charge is 2.51. The molecule has 0 rings (SSSR count). The quantitative estimate of drug-likeness (QED) is 0.276. The average molecular weight is 384 g/mol. The monoisotopic (exact) mass is 384 g/mol. The van der Waals surface area contributed by atoms with Gasteiger partial charge in [-0.05, 0) is 13.0 Å². The van der Waals surface area contributed by atoms with Gasteiger partial charge in [0.15, 0.2) is 0 Å². The van der Waals surface area contributed by atoms with Gasteiger partial charge >= 0.3 is 29.9 Å². The molecule has 0 amide bonds. The van der Waals surface area contributed by atoms with Gasteiger partial charge in [0.1, 0.15) is 0 Å². The Morgan fingerprint density at radius 1 is 0.926 bits per heavy atom. The number of aliphatic hydroxyl groups excluding tert-OH is 2. The van der Waals surface area contributed by atoms with Crippen LogP contribution in [0.4, 0.5) is 0 Å². The molecule has 0 heterocycles. The summed E-state index contributed by atoms with van der Waals surface area (Å²) in [4.78, 5) is 47.1. The first-order valence-electron chi connectivity index (χ1n) is 7.37. The molecule has 27 heavy (non-hydrogen) atoms. The fourth-order valence-electron chi connectivity index (χ4n) is 1.49. The summed E-state index contributed by atoms with van der Waals surface area (Å²) >= 11 is 0. The van der Waals surface area contributed by atoms with Crippen LogP contribution in [-0.4, -0.2) is 59.4 Å². The van der Waals surface area contributed by atoms with E-state index >= 15 is 0 Å². The zero-order valence-electron chi connectivity index (χ0n) is 14.6. The molecule has 0 aromatic heterocycles. The summed E-state index contributed by atoms with van der Waals surface area (Å²) in [5, 5.41) is 18.0. The number of carbonyl (C=O) groups excluding carboxylic acids is 4. The van der Waals surface area contributed by atoms with Gasteiger partial charge in [0.2, 0.25) is 6.10 Å². The molecule has 0 bridgehead atoms. The van der Waals surface area contributed by atoms with Crippen molar-refractivity contribution < 1.29 is 48.3 Å². The highest BCUT2D eigenvalue weighted by atomic mass is 16.9. The van der Waals surface area contributed by atoms with Crippen molar-refractivity contribution in [3.05, 3.63) is 49.6 Å². The van der Waals surface area contributed by atoms with E-state index in [9.17, 15) is 24.3 Å². The van der Waals surface area contributed by atoms with Crippen molar-refractivity contribution in [2.45, 2.75) is 19.0 Å². The van der Waals surface area contributed by atoms with Gasteiger partial charge in [-0.2, -0.15) is 0 Å². The predicted molar refractivity (Wildman–Crippen MR) is 89.4 cm³/mol. The third-order valence-electron chi connectivity index (χ3n) is 2.78. The van der Waals surface area contributed by atoms with Crippen LogP contribution in [0.25, 0.3) is 0 Å². The van der Waals surface area contributed by atoms with Gasteiger partial charge < -0.3 is 29.2 Å². The third kappa shape index (κ3) is 7.26. The van der Waals surface area contributed by atoms with Crippen molar-refractivity contribution in [1.29, 1.82) is 0 Å². The molecule has 0 saturated carbocycles. The van der Waals surface area contributed by atoms with E-state index in [0.717, 1.165) is 19.1 Å². The average Bonchev–Trinajstić information content (AvgIpc) is 2.64. The van der Waals surface area contributed by atoms with Crippen molar-refractivity contribution in [2.24, 2.45) is 0 Å². The summed E-state index contributed by atoms with van der Waals surface area (Å²) in [5.74, 6) is -7.62. The molecule has 0 aromatic rings. The number of hydrogen-bond acceptors (Lipinski definition) is 10. The summed E-state index contributed by atoms with van der Waals surface area (Å²) in [7, 11) is 0. The zero-order valence-corrected chi connectivity index (χ0v) is 14.6. The molecule has 2 N–H and O–H groups in total. The standard InChI is InChI=1S/C17H20O10/c1-5-13(20)24-11(4)17(25-14(21)6-2,26-15(22)7-3)27-16(23)12(10-19)8-9-18/h5-8,11,18-19H,1-3,9-10H2,4H3/b12-8+. The summed E-state index contributed by atoms with van der Waals surface area (Å²) in [6.07, 6.45) is 1.33. The number of ether oxygens (including phenoxy) is 4. The molecule has 0 fully saturated rings. The lowest BCUT2D eigenvalue weighted by molar-refractivity contribution is -0.356. The van der Waals surface area contributed by atoms with Crippen LogP contribution < -0.4 is 0 Å². The molecule has 0 radical (unpaired) electrons. The van der Waals surface area contributed by atoms with Gasteiger partial charge in [-0.3, -0.25) is 0 Å². The largest absolute Gasteiger partial charge is 0.463 e. The Morgan fingerprint density at radius 3 is 1.78 bits per heavy atom. The number of rotatable bonds is 11. The van der Waals surface area contributed by atoms with Gasteiger partial charge in [0.05, 0.1) is 18.8 Å². The molecular weight excluding hydrogens is 364 g/mol. The second kappa shape index (κ2) is 11.4. The highest BCUT2D eigenvalue weighted by Crippen LogP contribution is 2.26. The van der Waals surface area contributed by atoms with Crippen LogP contribution in [0.3, 0.4) is 0 Å². The first-order chi connectivity index (χ1) is 12.7. The molecule has 0 aliphatic carbocycles. The molecule has 0 saturated heterocycles. The fraction of sp³-hybridized carbons (Fsp3) is 0.294. The lowest BCUT2D eigenvalue weighted by atomic mass is 10.2. The van der Waals surface area contributed by atoms with Gasteiger partial charge in [-0.1, -0.05) is 19.7 Å². The smallest absolute Gasteiger partial charge is 0.447 e. The van der Waals surface area contributed by atoms with E-state index in [4.69, 9.17) is 24.1 Å². The van der Waals surface area contributed by atoms with E-state index < -0.39 is 54.7 Å². The molecule has 10 nitrogen and oxygen atoms in total. The Kier molecular flexibility index (Phi) is 10.0. The molecule has 0 aromatic carbocycles. The molecule has 0 aliphatic rings. The van der Waals surface area contributed by atoms with Crippen molar-refractivity contribution >= 4 is 23.9 Å². The molecule has 148 valence electrons. The van der Waals surface area contributed by atoms with Gasteiger partial charge in [-0.25, -0.2) is 19.2 Å². The third-order valence-corrected chi connectivity index (χ3v) is 2.78. The minimum Gasteiger partial charge on any atom is -0.447 e. The van der Waals surface area contributed by atoms with Gasteiger partial charge in [0, 0.05) is 18.2 Å². The Balaban J connectivity index is 6.14. The minimum atomic E-state index is -2.88. The van der Waals surface area contributed by atoms with E-state index in [1.165, 1.54) is 0 Å². The summed E-state index contributed by atoms with van der Waals surface area (Å²) in [5.41, 5.74) is -0.451. The van der Waals surface area contributed by atoms with Crippen LogP contribution >= 0.6 is 0 Å². The van der Waals surface area contributed by atoms with Crippen LogP contribution in [0.5, 0.6) is 0 Å². The fourth-order valence-corrected chi connectivity index (χ4v) is 1.49. The van der Waals surface area contributed by atoms with Gasteiger partial charge in [0.25, 0.3) is 0 Å². The Labute approximate surface area is 155 Å². The van der Waals surface area contributed by atoms with Crippen LogP contribution in [-0.2, 0) is 38.1 Å². The van der Waals surface area contributed by atoms with E-state index in [2.05, 4.69) is 19.7 Å². The van der Waals surface area contributed by atoms with E-state index in [1.807, 2.05) is 0 Å². The molecule has 10 heteroatoms. The van der Waals surface area contributed by atoms with Crippen molar-refractivity contribution in [3.63, 3.8) is 0 Å². The Morgan fingerprint density at radius 2 is 1.41 bits per heavy atom. The maximum Gasteiger partial charge on any atom is 0.463 e. The van der Waals surface area contributed by atoms with Crippen LogP contribution in [0.2, 0.25) is 0 Å². The van der Waals surface area contributed by atoms with Crippen LogP contribution in [0, 0.1) is 0 Å². The summed E-state index contributed by atoms with van der Waals surface area (Å²) in [6, 6.07) is 0. The van der Waals surface area contributed by atoms with E-state index in [-0.39, 0.29) is 0 Å². The second-order valence-corrected chi connectivity index (χ2v) is 4.60. The first kappa shape index (κ1) is 23.8.